The average Bonchev–Trinajstić information content (AvgIpc) is 3.51. The highest BCUT2D eigenvalue weighted by atomic mass is 16.5. The van der Waals surface area contributed by atoms with E-state index in [1.807, 2.05) is 24.4 Å². The van der Waals surface area contributed by atoms with Gasteiger partial charge in [0.1, 0.15) is 12.4 Å². The Labute approximate surface area is 229 Å². The molecule has 4 aromatic rings. The molecule has 2 N–H and O–H groups in total. The lowest BCUT2D eigenvalue weighted by Gasteiger charge is -2.32. The monoisotopic (exact) mass is 521 g/mol. The number of carbonyl (C=O) groups excluding carboxylic acids is 1. The highest BCUT2D eigenvalue weighted by Gasteiger charge is 2.30. The summed E-state index contributed by atoms with van der Waals surface area (Å²) in [5.74, 6) is 0.491. The highest BCUT2D eigenvalue weighted by Crippen LogP contribution is 2.35. The summed E-state index contributed by atoms with van der Waals surface area (Å²) < 4.78 is 5.84. The van der Waals surface area contributed by atoms with Crippen LogP contribution in [0.4, 0.5) is 0 Å². The van der Waals surface area contributed by atoms with Gasteiger partial charge in [-0.1, -0.05) is 31.2 Å². The molecular formula is C32H35N5O2. The van der Waals surface area contributed by atoms with E-state index in [1.165, 1.54) is 55.3 Å². The van der Waals surface area contributed by atoms with E-state index in [9.17, 15) is 4.79 Å². The number of hydrogen-bond donors (Lipinski definition) is 2. The number of aryl methyl sites for hydroxylation is 2. The number of H-pyrrole nitrogens is 1. The van der Waals surface area contributed by atoms with Crippen molar-refractivity contribution in [3.63, 3.8) is 0 Å². The molecule has 0 radical (unpaired) electrons. The summed E-state index contributed by atoms with van der Waals surface area (Å²) in [6, 6.07) is 16.3. The Morgan fingerprint density at radius 1 is 1.00 bits per heavy atom. The molecule has 3 aliphatic rings. The summed E-state index contributed by atoms with van der Waals surface area (Å²) in [6.07, 6.45) is 10.7. The van der Waals surface area contributed by atoms with Gasteiger partial charge in [0.15, 0.2) is 5.65 Å². The van der Waals surface area contributed by atoms with Gasteiger partial charge in [0.05, 0.1) is 17.8 Å². The van der Waals surface area contributed by atoms with E-state index in [2.05, 4.69) is 56.6 Å². The van der Waals surface area contributed by atoms with Crippen molar-refractivity contribution >= 4 is 16.9 Å². The Kier molecular flexibility index (Phi) is 6.31. The largest absolute Gasteiger partial charge is 0.491 e. The van der Waals surface area contributed by atoms with E-state index in [-0.39, 0.29) is 5.91 Å². The molecular weight excluding hydrogens is 486 g/mol. The molecule has 0 spiro atoms. The van der Waals surface area contributed by atoms with E-state index in [0.717, 1.165) is 41.1 Å². The molecule has 4 heterocycles. The zero-order valence-corrected chi connectivity index (χ0v) is 22.5. The van der Waals surface area contributed by atoms with Gasteiger partial charge in [0.2, 0.25) is 0 Å². The summed E-state index contributed by atoms with van der Waals surface area (Å²) in [7, 11) is 0. The van der Waals surface area contributed by atoms with Gasteiger partial charge in [-0.2, -0.15) is 5.10 Å². The van der Waals surface area contributed by atoms with Crippen LogP contribution in [-0.4, -0.2) is 57.8 Å². The van der Waals surface area contributed by atoms with E-state index in [1.54, 1.807) is 0 Å². The molecule has 7 rings (SSSR count). The molecule has 200 valence electrons. The van der Waals surface area contributed by atoms with Gasteiger partial charge in [-0.3, -0.25) is 14.8 Å². The maximum atomic E-state index is 12.3. The summed E-state index contributed by atoms with van der Waals surface area (Å²) >= 11 is 0. The van der Waals surface area contributed by atoms with Crippen LogP contribution in [0.3, 0.4) is 0 Å². The average molecular weight is 522 g/mol. The van der Waals surface area contributed by atoms with Gasteiger partial charge in [-0.15, -0.1) is 0 Å². The van der Waals surface area contributed by atoms with Gasteiger partial charge in [-0.05, 0) is 86.4 Å². The Bertz CT molecular complexity index is 1540. The van der Waals surface area contributed by atoms with Crippen LogP contribution in [0.25, 0.3) is 33.4 Å². The second kappa shape index (κ2) is 10.1. The van der Waals surface area contributed by atoms with Crippen LogP contribution >= 0.6 is 0 Å². The first-order valence-corrected chi connectivity index (χ1v) is 14.5. The number of ether oxygens (including phenoxy) is 1. The fraction of sp³-hybridized carbons (Fsp3) is 0.406. The van der Waals surface area contributed by atoms with Gasteiger partial charge in [0, 0.05) is 34.8 Å². The molecule has 0 bridgehead atoms. The number of likely N-dealkylation sites (tertiary alicyclic amines) is 1. The number of amides is 1. The molecule has 2 aromatic heterocycles. The molecule has 1 amide bonds. The van der Waals surface area contributed by atoms with Crippen molar-refractivity contribution in [3.8, 4) is 28.1 Å². The summed E-state index contributed by atoms with van der Waals surface area (Å²) in [4.78, 5) is 19.8. The fourth-order valence-electron chi connectivity index (χ4n) is 6.86. The third kappa shape index (κ3) is 4.48. The minimum absolute atomic E-state index is 0.104. The van der Waals surface area contributed by atoms with Crippen molar-refractivity contribution in [2.45, 2.75) is 64.0 Å². The van der Waals surface area contributed by atoms with Crippen LogP contribution in [0.5, 0.6) is 5.75 Å². The molecule has 7 heteroatoms. The van der Waals surface area contributed by atoms with E-state index < -0.39 is 0 Å². The predicted molar refractivity (Wildman–Crippen MR) is 153 cm³/mol. The van der Waals surface area contributed by atoms with Gasteiger partial charge < -0.3 is 10.1 Å². The molecule has 1 unspecified atom stereocenters. The van der Waals surface area contributed by atoms with E-state index in [0.29, 0.717) is 36.2 Å². The van der Waals surface area contributed by atoms with E-state index >= 15 is 0 Å². The Hall–Kier alpha value is -3.71. The lowest BCUT2D eigenvalue weighted by atomic mass is 9.96. The molecule has 2 atom stereocenters. The zero-order valence-electron chi connectivity index (χ0n) is 22.5. The van der Waals surface area contributed by atoms with Crippen LogP contribution in [0.1, 0.15) is 60.5 Å². The maximum Gasteiger partial charge on any atom is 0.255 e. The lowest BCUT2D eigenvalue weighted by molar-refractivity contribution is 0.0957. The third-order valence-corrected chi connectivity index (χ3v) is 8.97. The molecule has 1 fully saturated rings. The number of rotatable bonds is 4. The van der Waals surface area contributed by atoms with Crippen LogP contribution in [0.15, 0.2) is 48.7 Å². The van der Waals surface area contributed by atoms with Crippen LogP contribution in [0.2, 0.25) is 0 Å². The van der Waals surface area contributed by atoms with Crippen LogP contribution in [0, 0.1) is 0 Å². The number of nitrogens with zero attached hydrogens (tertiary/aromatic N) is 3. The summed E-state index contributed by atoms with van der Waals surface area (Å²) in [6.45, 7) is 4.57. The molecule has 7 nitrogen and oxygen atoms in total. The first-order chi connectivity index (χ1) is 19.2. The maximum absolute atomic E-state index is 12.3. The number of fused-ring (bicyclic) bond motifs is 3. The lowest BCUT2D eigenvalue weighted by Crippen LogP contribution is -2.39. The number of carbonyl (C=O) groups is 1. The normalized spacial score (nSPS) is 21.5. The van der Waals surface area contributed by atoms with Crippen molar-refractivity contribution in [3.05, 3.63) is 65.4 Å². The third-order valence-electron chi connectivity index (χ3n) is 8.97. The Balaban J connectivity index is 1.18. The molecule has 2 aromatic carbocycles. The standard InChI is InChI=1S/C32H35N5O2/c1-2-25-4-3-14-37(25)26-10-7-20-5-6-22(16-21(20)8-11-26)24-17-28-30(35-36-31(28)34-19-24)23-9-12-27-29(18-23)39-15-13-33-32(27)38/h5-6,9,12,16-19,25-26H,2-4,7-8,10-11,13-15H2,1H3,(H,33,38)(H,34,35,36)/t25-,26?/m1/s1. The number of aromatic nitrogens is 3. The van der Waals surface area contributed by atoms with Crippen molar-refractivity contribution in [2.75, 3.05) is 19.7 Å². The highest BCUT2D eigenvalue weighted by molar-refractivity contribution is 5.99. The predicted octanol–water partition coefficient (Wildman–Crippen LogP) is 5.54. The summed E-state index contributed by atoms with van der Waals surface area (Å²) in [5.41, 5.74) is 8.30. The van der Waals surface area contributed by atoms with Crippen molar-refractivity contribution in [1.82, 2.24) is 25.4 Å². The zero-order chi connectivity index (χ0) is 26.3. The fourth-order valence-corrected chi connectivity index (χ4v) is 6.86. The van der Waals surface area contributed by atoms with Gasteiger partial charge >= 0.3 is 0 Å². The summed E-state index contributed by atoms with van der Waals surface area (Å²) in [5, 5.41) is 11.4. The molecule has 1 aliphatic carbocycles. The molecule has 2 aliphatic heterocycles. The number of hydrogen-bond acceptors (Lipinski definition) is 5. The second-order valence-corrected chi connectivity index (χ2v) is 11.2. The SMILES string of the molecule is CC[C@@H]1CCCN1C1CCc2ccc(-c3cnc4n[nH]c(-c5ccc6c(c5)OCCNC6=O)c4c3)cc2CC1. The smallest absolute Gasteiger partial charge is 0.255 e. The minimum atomic E-state index is -0.104. The topological polar surface area (TPSA) is 83.1 Å². The van der Waals surface area contributed by atoms with Crippen molar-refractivity contribution < 1.29 is 9.53 Å². The van der Waals surface area contributed by atoms with Crippen molar-refractivity contribution in [2.24, 2.45) is 0 Å². The van der Waals surface area contributed by atoms with Crippen molar-refractivity contribution in [1.29, 1.82) is 0 Å². The minimum Gasteiger partial charge on any atom is -0.491 e. The molecule has 1 saturated heterocycles. The number of pyridine rings is 1. The number of benzene rings is 2. The van der Waals surface area contributed by atoms with Crippen LogP contribution in [-0.2, 0) is 12.8 Å². The van der Waals surface area contributed by atoms with Gasteiger partial charge in [-0.25, -0.2) is 4.98 Å². The van der Waals surface area contributed by atoms with Gasteiger partial charge in [0.25, 0.3) is 5.91 Å². The molecule has 39 heavy (non-hydrogen) atoms. The quantitative estimate of drug-likeness (QED) is 0.345. The Morgan fingerprint density at radius 3 is 2.77 bits per heavy atom. The number of nitrogens with one attached hydrogen (secondary N) is 2. The Morgan fingerprint density at radius 2 is 1.87 bits per heavy atom. The first kappa shape index (κ1) is 24.3. The first-order valence-electron chi connectivity index (χ1n) is 14.5. The van der Waals surface area contributed by atoms with Crippen LogP contribution < -0.4 is 10.1 Å². The van der Waals surface area contributed by atoms with E-state index in [4.69, 9.17) is 4.74 Å². The number of aromatic amines is 1. The molecule has 0 saturated carbocycles. The second-order valence-electron chi connectivity index (χ2n) is 11.2.